The predicted octanol–water partition coefficient (Wildman–Crippen LogP) is 3.45. The molecule has 5 rings (SSSR count). The molecule has 1 aromatic carbocycles. The van der Waals surface area contributed by atoms with Crippen LogP contribution in [0.3, 0.4) is 0 Å². The van der Waals surface area contributed by atoms with E-state index in [9.17, 15) is 9.90 Å². The van der Waals surface area contributed by atoms with Crippen molar-refractivity contribution in [3.05, 3.63) is 30.7 Å². The van der Waals surface area contributed by atoms with Crippen LogP contribution in [0.5, 0.6) is 5.88 Å². The van der Waals surface area contributed by atoms with Gasteiger partial charge in [0.1, 0.15) is 18.3 Å². The molecule has 10 nitrogen and oxygen atoms in total. The molecule has 1 saturated heterocycles. The highest BCUT2D eigenvalue weighted by Gasteiger charge is 2.45. The van der Waals surface area contributed by atoms with E-state index in [1.54, 1.807) is 6.20 Å². The minimum atomic E-state index is -0.932. The monoisotopic (exact) mass is 435 g/mol. The van der Waals surface area contributed by atoms with Crippen molar-refractivity contribution in [2.75, 3.05) is 6.54 Å². The lowest BCUT2D eigenvalue weighted by molar-refractivity contribution is 0.0558. The van der Waals surface area contributed by atoms with Crippen molar-refractivity contribution in [1.29, 1.82) is 0 Å². The van der Waals surface area contributed by atoms with E-state index in [-0.39, 0.29) is 17.6 Å². The van der Waals surface area contributed by atoms with Crippen LogP contribution in [0.25, 0.3) is 33.5 Å². The average Bonchev–Trinajstić information content (AvgIpc) is 3.45. The summed E-state index contributed by atoms with van der Waals surface area (Å²) in [7, 11) is 1.90. The van der Waals surface area contributed by atoms with Crippen molar-refractivity contribution in [2.24, 2.45) is 12.5 Å². The highest BCUT2D eigenvalue weighted by Crippen LogP contribution is 2.36. The first kappa shape index (κ1) is 20.2. The summed E-state index contributed by atoms with van der Waals surface area (Å²) in [6.45, 7) is 6.50. The number of aromatic nitrogens is 6. The molecule has 32 heavy (non-hydrogen) atoms. The van der Waals surface area contributed by atoms with Crippen LogP contribution >= 0.6 is 0 Å². The number of carboxylic acid groups (broad SMARTS) is 1. The number of amides is 1. The molecule has 1 aliphatic heterocycles. The molecule has 0 saturated carbocycles. The summed E-state index contributed by atoms with van der Waals surface area (Å²) in [6.07, 6.45) is 2.57. The van der Waals surface area contributed by atoms with Gasteiger partial charge in [0.05, 0.1) is 17.8 Å². The van der Waals surface area contributed by atoms with Gasteiger partial charge in [-0.05, 0) is 23.6 Å². The van der Waals surface area contributed by atoms with Crippen molar-refractivity contribution in [3.63, 3.8) is 0 Å². The summed E-state index contributed by atoms with van der Waals surface area (Å²) < 4.78 is 8.23. The molecule has 2 atom stereocenters. The maximum absolute atomic E-state index is 11.8. The number of fused-ring (bicyclic) bond motifs is 2. The van der Waals surface area contributed by atoms with Crippen LogP contribution in [0.15, 0.2) is 30.7 Å². The minimum absolute atomic E-state index is 0.291. The summed E-state index contributed by atoms with van der Waals surface area (Å²) in [5.74, 6) is 1.10. The van der Waals surface area contributed by atoms with Gasteiger partial charge in [0.25, 0.3) is 0 Å². The van der Waals surface area contributed by atoms with Crippen LogP contribution in [-0.2, 0) is 7.05 Å². The highest BCUT2D eigenvalue weighted by molar-refractivity contribution is 5.86. The molecule has 2 N–H and O–H groups in total. The van der Waals surface area contributed by atoms with Crippen molar-refractivity contribution < 1.29 is 14.6 Å². The smallest absolute Gasteiger partial charge is 0.407 e. The zero-order chi connectivity index (χ0) is 22.6. The third kappa shape index (κ3) is 3.22. The van der Waals surface area contributed by atoms with Gasteiger partial charge in [0, 0.05) is 31.0 Å². The lowest BCUT2D eigenvalue weighted by atomic mass is 9.84. The van der Waals surface area contributed by atoms with Gasteiger partial charge in [-0.15, -0.1) is 0 Å². The van der Waals surface area contributed by atoms with Gasteiger partial charge >= 0.3 is 6.09 Å². The molecular formula is C22H25N7O3. The van der Waals surface area contributed by atoms with E-state index in [0.717, 1.165) is 22.3 Å². The molecule has 4 aromatic rings. The fourth-order valence-electron chi connectivity index (χ4n) is 4.68. The van der Waals surface area contributed by atoms with Gasteiger partial charge in [-0.3, -0.25) is 5.10 Å². The Bertz CT molecular complexity index is 1320. The Kier molecular flexibility index (Phi) is 4.54. The molecule has 4 heterocycles. The molecule has 2 unspecified atom stereocenters. The predicted molar refractivity (Wildman–Crippen MR) is 118 cm³/mol. The number of nitrogens with zero attached hydrogens (tertiary/aromatic N) is 6. The summed E-state index contributed by atoms with van der Waals surface area (Å²) in [4.78, 5) is 26.8. The maximum atomic E-state index is 11.8. The molecule has 1 fully saturated rings. The van der Waals surface area contributed by atoms with Gasteiger partial charge in [-0.1, -0.05) is 20.8 Å². The number of carbonyl (C=O) groups is 1. The highest BCUT2D eigenvalue weighted by atomic mass is 16.5. The van der Waals surface area contributed by atoms with E-state index in [2.05, 4.69) is 20.2 Å². The van der Waals surface area contributed by atoms with Crippen LogP contribution in [0.2, 0.25) is 0 Å². The standard InChI is InChI=1S/C22H25N7O3/c1-22(2,3)17-15(7-8-29(17)21(30)31)32-20-16-19(23-11-24-20)28(4)18(26-16)12-5-6-14-13(9-12)10-25-27-14/h5-6,9-11,15,17H,7-8H2,1-4H3,(H,25,27)(H,30,31). The molecule has 1 aliphatic rings. The number of hydrogen-bond donors (Lipinski definition) is 2. The number of hydrogen-bond acceptors (Lipinski definition) is 6. The number of likely N-dealkylation sites (tertiary alicyclic amines) is 1. The fourth-order valence-corrected chi connectivity index (χ4v) is 4.68. The maximum Gasteiger partial charge on any atom is 0.407 e. The average molecular weight is 435 g/mol. The van der Waals surface area contributed by atoms with Gasteiger partial charge in [0.15, 0.2) is 11.2 Å². The summed E-state index contributed by atoms with van der Waals surface area (Å²) in [6, 6.07) is 5.67. The van der Waals surface area contributed by atoms with Gasteiger partial charge in [0.2, 0.25) is 5.88 Å². The number of aromatic amines is 1. The van der Waals surface area contributed by atoms with Crippen molar-refractivity contribution in [3.8, 4) is 17.3 Å². The summed E-state index contributed by atoms with van der Waals surface area (Å²) >= 11 is 0. The number of ether oxygens (including phenoxy) is 1. The molecule has 0 spiro atoms. The minimum Gasteiger partial charge on any atom is -0.470 e. The SMILES string of the molecule is Cn1c(-c2ccc3[nH]ncc3c2)nc2c(OC3CCN(C(=O)O)C3C(C)(C)C)ncnc21. The molecule has 1 amide bonds. The third-order valence-electron chi connectivity index (χ3n) is 6.06. The second kappa shape index (κ2) is 7.18. The summed E-state index contributed by atoms with van der Waals surface area (Å²) in [5, 5.41) is 17.7. The Morgan fingerprint density at radius 2 is 2.09 bits per heavy atom. The molecule has 10 heteroatoms. The lowest BCUT2D eigenvalue weighted by Crippen LogP contribution is -2.48. The van der Waals surface area contributed by atoms with Crippen LogP contribution in [0.4, 0.5) is 4.79 Å². The molecule has 3 aromatic heterocycles. The Morgan fingerprint density at radius 1 is 1.28 bits per heavy atom. The molecule has 0 radical (unpaired) electrons. The van der Waals surface area contributed by atoms with E-state index in [1.807, 2.05) is 50.6 Å². The first-order valence-electron chi connectivity index (χ1n) is 10.5. The third-order valence-corrected chi connectivity index (χ3v) is 6.06. The van der Waals surface area contributed by atoms with Gasteiger partial charge in [-0.25, -0.2) is 14.8 Å². The number of benzene rings is 1. The van der Waals surface area contributed by atoms with E-state index in [1.165, 1.54) is 11.2 Å². The van der Waals surface area contributed by atoms with E-state index in [4.69, 9.17) is 9.72 Å². The fraction of sp³-hybridized carbons (Fsp3) is 0.409. The number of aryl methyl sites for hydroxylation is 1. The lowest BCUT2D eigenvalue weighted by Gasteiger charge is -2.36. The van der Waals surface area contributed by atoms with Crippen LogP contribution in [-0.4, -0.2) is 64.5 Å². The Morgan fingerprint density at radius 3 is 2.84 bits per heavy atom. The summed E-state index contributed by atoms with van der Waals surface area (Å²) in [5.41, 5.74) is 2.79. The number of H-pyrrole nitrogens is 1. The Labute approximate surface area is 184 Å². The first-order chi connectivity index (χ1) is 15.2. The van der Waals surface area contributed by atoms with Gasteiger partial charge in [-0.2, -0.15) is 10.1 Å². The zero-order valence-corrected chi connectivity index (χ0v) is 18.4. The van der Waals surface area contributed by atoms with Crippen LogP contribution in [0.1, 0.15) is 27.2 Å². The van der Waals surface area contributed by atoms with E-state index < -0.39 is 6.09 Å². The van der Waals surface area contributed by atoms with Crippen molar-refractivity contribution in [1.82, 2.24) is 34.6 Å². The topological polar surface area (TPSA) is 122 Å². The quantitative estimate of drug-likeness (QED) is 0.505. The zero-order valence-electron chi connectivity index (χ0n) is 18.4. The van der Waals surface area contributed by atoms with Crippen molar-refractivity contribution >= 4 is 28.2 Å². The van der Waals surface area contributed by atoms with Crippen LogP contribution < -0.4 is 4.74 Å². The molecule has 0 aliphatic carbocycles. The normalized spacial score (nSPS) is 19.2. The number of rotatable bonds is 3. The first-order valence-corrected chi connectivity index (χ1v) is 10.5. The molecular weight excluding hydrogens is 410 g/mol. The number of nitrogens with one attached hydrogen (secondary N) is 1. The second-order valence-electron chi connectivity index (χ2n) is 9.25. The number of imidazole rings is 1. The Balaban J connectivity index is 1.54. The largest absolute Gasteiger partial charge is 0.470 e. The second-order valence-corrected chi connectivity index (χ2v) is 9.25. The van der Waals surface area contributed by atoms with Crippen molar-refractivity contribution in [2.45, 2.75) is 39.3 Å². The van der Waals surface area contributed by atoms with E-state index in [0.29, 0.717) is 30.0 Å². The molecule has 0 bridgehead atoms. The van der Waals surface area contributed by atoms with E-state index >= 15 is 0 Å². The molecule has 166 valence electrons. The van der Waals surface area contributed by atoms with Gasteiger partial charge < -0.3 is 19.3 Å². The Hall–Kier alpha value is -3.69. The van der Waals surface area contributed by atoms with Crippen LogP contribution in [0, 0.1) is 5.41 Å².